The maximum absolute atomic E-state index is 11.4. The summed E-state index contributed by atoms with van der Waals surface area (Å²) in [6.07, 6.45) is 0. The maximum Gasteiger partial charge on any atom is 0.324 e. The first-order valence-electron chi connectivity index (χ1n) is 5.08. The first-order valence-corrected chi connectivity index (χ1v) is 5.08. The number of imide groups is 1. The van der Waals surface area contributed by atoms with Crippen molar-refractivity contribution in [3.8, 4) is 0 Å². The van der Waals surface area contributed by atoms with E-state index >= 15 is 0 Å². The van der Waals surface area contributed by atoms with Gasteiger partial charge in [0.1, 0.15) is 0 Å². The van der Waals surface area contributed by atoms with E-state index in [4.69, 9.17) is 0 Å². The summed E-state index contributed by atoms with van der Waals surface area (Å²) in [6.45, 7) is 4.20. The van der Waals surface area contributed by atoms with Gasteiger partial charge in [0.25, 0.3) is 0 Å². The molecular formula is C10H14N4O2. The number of urea groups is 1. The van der Waals surface area contributed by atoms with E-state index in [1.165, 1.54) is 4.90 Å². The summed E-state index contributed by atoms with van der Waals surface area (Å²) in [5.74, 6) is -0.187. The largest absolute Gasteiger partial charge is 0.329 e. The van der Waals surface area contributed by atoms with Crippen molar-refractivity contribution in [3.05, 3.63) is 17.0 Å². The van der Waals surface area contributed by atoms with E-state index in [0.717, 1.165) is 17.0 Å². The summed E-state index contributed by atoms with van der Waals surface area (Å²) in [7, 11) is 1.84. The van der Waals surface area contributed by atoms with Gasteiger partial charge in [-0.15, -0.1) is 0 Å². The molecule has 86 valence electrons. The fourth-order valence-corrected chi connectivity index (χ4v) is 1.82. The highest BCUT2D eigenvalue weighted by atomic mass is 16.2. The van der Waals surface area contributed by atoms with Crippen molar-refractivity contribution in [2.24, 2.45) is 7.05 Å². The lowest BCUT2D eigenvalue weighted by molar-refractivity contribution is -0.125. The Kier molecular flexibility index (Phi) is 2.41. The highest BCUT2D eigenvalue weighted by Gasteiger charge is 2.29. The van der Waals surface area contributed by atoms with Crippen LogP contribution in [0.5, 0.6) is 0 Å². The summed E-state index contributed by atoms with van der Waals surface area (Å²) in [4.78, 5) is 24.0. The minimum Gasteiger partial charge on any atom is -0.329 e. The molecule has 6 nitrogen and oxygen atoms in total. The molecule has 3 amide bonds. The molecule has 0 saturated carbocycles. The molecule has 1 aliphatic rings. The number of nitrogens with zero attached hydrogens (tertiary/aromatic N) is 3. The van der Waals surface area contributed by atoms with E-state index in [1.54, 1.807) is 4.68 Å². The van der Waals surface area contributed by atoms with Gasteiger partial charge in [0.15, 0.2) is 0 Å². The second-order valence-electron chi connectivity index (χ2n) is 3.91. The molecule has 1 fully saturated rings. The van der Waals surface area contributed by atoms with Crippen LogP contribution in [0.25, 0.3) is 0 Å². The molecule has 1 aromatic heterocycles. The number of rotatable bonds is 2. The number of amides is 3. The van der Waals surface area contributed by atoms with Crippen molar-refractivity contribution >= 4 is 11.9 Å². The molecular weight excluding hydrogens is 208 g/mol. The van der Waals surface area contributed by atoms with Crippen molar-refractivity contribution in [1.29, 1.82) is 0 Å². The monoisotopic (exact) mass is 222 g/mol. The van der Waals surface area contributed by atoms with Crippen LogP contribution in [0.4, 0.5) is 4.79 Å². The third kappa shape index (κ3) is 1.56. The van der Waals surface area contributed by atoms with E-state index in [0.29, 0.717) is 6.54 Å². The molecule has 0 aliphatic carbocycles. The van der Waals surface area contributed by atoms with E-state index in [9.17, 15) is 9.59 Å². The molecule has 0 bridgehead atoms. The number of carbonyl (C=O) groups is 2. The van der Waals surface area contributed by atoms with Gasteiger partial charge in [-0.3, -0.25) is 14.4 Å². The number of nitrogens with one attached hydrogen (secondary N) is 1. The van der Waals surface area contributed by atoms with Gasteiger partial charge in [-0.2, -0.15) is 5.10 Å². The maximum atomic E-state index is 11.4. The van der Waals surface area contributed by atoms with E-state index < -0.39 is 0 Å². The van der Waals surface area contributed by atoms with E-state index in [1.807, 2.05) is 20.9 Å². The molecule has 1 N–H and O–H groups in total. The summed E-state index contributed by atoms with van der Waals surface area (Å²) in [5, 5.41) is 6.75. The Balaban J connectivity index is 2.27. The highest BCUT2D eigenvalue weighted by Crippen LogP contribution is 2.16. The van der Waals surface area contributed by atoms with Crippen molar-refractivity contribution < 1.29 is 9.59 Å². The van der Waals surface area contributed by atoms with Gasteiger partial charge in [-0.05, 0) is 13.8 Å². The van der Waals surface area contributed by atoms with E-state index in [2.05, 4.69) is 10.4 Å². The Labute approximate surface area is 93.2 Å². The quantitative estimate of drug-likeness (QED) is 0.721. The summed E-state index contributed by atoms with van der Waals surface area (Å²) in [5.41, 5.74) is 2.77. The second-order valence-corrected chi connectivity index (χ2v) is 3.91. The summed E-state index contributed by atoms with van der Waals surface area (Å²) >= 11 is 0. The van der Waals surface area contributed by atoms with Crippen molar-refractivity contribution in [3.63, 3.8) is 0 Å². The fourth-order valence-electron chi connectivity index (χ4n) is 1.82. The molecule has 0 aromatic carbocycles. The molecule has 2 heterocycles. The molecule has 0 spiro atoms. The molecule has 2 rings (SSSR count). The van der Waals surface area contributed by atoms with Crippen LogP contribution >= 0.6 is 0 Å². The number of carbonyl (C=O) groups excluding carboxylic acids is 2. The van der Waals surface area contributed by atoms with Crippen LogP contribution < -0.4 is 5.32 Å². The minimum absolute atomic E-state index is 0.0944. The molecule has 1 saturated heterocycles. The lowest BCUT2D eigenvalue weighted by atomic mass is 10.2. The topological polar surface area (TPSA) is 67.2 Å². The molecule has 1 aliphatic heterocycles. The van der Waals surface area contributed by atoms with Crippen LogP contribution in [0.3, 0.4) is 0 Å². The van der Waals surface area contributed by atoms with Crippen LogP contribution in [0.1, 0.15) is 17.0 Å². The van der Waals surface area contributed by atoms with Gasteiger partial charge in [-0.1, -0.05) is 0 Å². The summed E-state index contributed by atoms with van der Waals surface area (Å²) < 4.78 is 1.75. The zero-order valence-corrected chi connectivity index (χ0v) is 9.57. The Hall–Kier alpha value is -1.85. The Morgan fingerprint density at radius 2 is 2.06 bits per heavy atom. The van der Waals surface area contributed by atoms with Gasteiger partial charge in [-0.25, -0.2) is 4.79 Å². The Bertz CT molecular complexity index is 448. The predicted octanol–water partition coefficient (Wildman–Crippen LogP) is 0.0887. The second kappa shape index (κ2) is 3.62. The Morgan fingerprint density at radius 3 is 2.50 bits per heavy atom. The predicted molar refractivity (Wildman–Crippen MR) is 56.6 cm³/mol. The molecule has 0 unspecified atom stereocenters. The van der Waals surface area contributed by atoms with Gasteiger partial charge in [0, 0.05) is 18.3 Å². The van der Waals surface area contributed by atoms with Crippen molar-refractivity contribution in [1.82, 2.24) is 20.0 Å². The Morgan fingerprint density at radius 1 is 1.38 bits per heavy atom. The normalized spacial score (nSPS) is 15.8. The molecule has 0 atom stereocenters. The number of hydrogen-bond donors (Lipinski definition) is 1. The zero-order chi connectivity index (χ0) is 11.9. The standard InChI is InChI=1S/C10H14N4O2/c1-6-8(7(2)13(3)12-6)5-14-9(15)4-11-10(14)16/h4-5H2,1-3H3,(H,11,16). The van der Waals surface area contributed by atoms with Crippen LogP contribution in [0.15, 0.2) is 0 Å². The number of hydrogen-bond acceptors (Lipinski definition) is 3. The third-order valence-corrected chi connectivity index (χ3v) is 2.91. The van der Waals surface area contributed by atoms with Crippen LogP contribution in [0.2, 0.25) is 0 Å². The van der Waals surface area contributed by atoms with Crippen LogP contribution in [-0.4, -0.2) is 33.2 Å². The first-order chi connectivity index (χ1) is 7.50. The van der Waals surface area contributed by atoms with Crippen LogP contribution in [0, 0.1) is 13.8 Å². The average molecular weight is 222 g/mol. The molecule has 6 heteroatoms. The third-order valence-electron chi connectivity index (χ3n) is 2.91. The highest BCUT2D eigenvalue weighted by molar-refractivity contribution is 6.01. The summed E-state index contributed by atoms with van der Waals surface area (Å²) in [6, 6.07) is -0.326. The fraction of sp³-hybridized carbons (Fsp3) is 0.500. The molecule has 1 aromatic rings. The van der Waals surface area contributed by atoms with Gasteiger partial charge >= 0.3 is 6.03 Å². The number of aryl methyl sites for hydroxylation is 2. The average Bonchev–Trinajstić information content (AvgIpc) is 2.65. The van der Waals surface area contributed by atoms with Gasteiger partial charge in [0.2, 0.25) is 5.91 Å². The lowest BCUT2D eigenvalue weighted by Crippen LogP contribution is -2.30. The SMILES string of the molecule is Cc1nn(C)c(C)c1CN1C(=O)CNC1=O. The van der Waals surface area contributed by atoms with Crippen molar-refractivity contribution in [2.45, 2.75) is 20.4 Å². The lowest BCUT2D eigenvalue weighted by Gasteiger charge is -2.12. The molecule has 16 heavy (non-hydrogen) atoms. The van der Waals surface area contributed by atoms with Gasteiger partial charge < -0.3 is 5.32 Å². The van der Waals surface area contributed by atoms with E-state index in [-0.39, 0.29) is 18.5 Å². The van der Waals surface area contributed by atoms with Crippen molar-refractivity contribution in [2.75, 3.05) is 6.54 Å². The number of aromatic nitrogens is 2. The van der Waals surface area contributed by atoms with Crippen LogP contribution in [-0.2, 0) is 18.4 Å². The minimum atomic E-state index is -0.326. The zero-order valence-electron chi connectivity index (χ0n) is 9.57. The smallest absolute Gasteiger partial charge is 0.324 e. The first kappa shape index (κ1) is 10.7. The molecule has 0 radical (unpaired) electrons. The van der Waals surface area contributed by atoms with Gasteiger partial charge in [0.05, 0.1) is 18.8 Å².